The number of amides is 1. The molecular formula is C26H20ClN3O. The minimum absolute atomic E-state index is 0.0644. The van der Waals surface area contributed by atoms with Gasteiger partial charge in [-0.3, -0.25) is 4.79 Å². The number of carbonyl (C=O) groups excluding carboxylic acids is 1. The van der Waals surface area contributed by atoms with Crippen LogP contribution in [0.2, 0.25) is 5.02 Å². The number of rotatable bonds is 2. The van der Waals surface area contributed by atoms with Crippen molar-refractivity contribution >= 4 is 45.0 Å². The van der Waals surface area contributed by atoms with Gasteiger partial charge in [-0.15, -0.1) is 0 Å². The number of hydrogen-bond donors (Lipinski definition) is 3. The Hall–Kier alpha value is -3.50. The molecule has 3 aromatic carbocycles. The van der Waals surface area contributed by atoms with Gasteiger partial charge in [0.05, 0.1) is 0 Å². The van der Waals surface area contributed by atoms with Crippen molar-refractivity contribution in [2.45, 2.75) is 19.3 Å². The fourth-order valence-electron chi connectivity index (χ4n) is 5.42. The average molecular weight is 426 g/mol. The van der Waals surface area contributed by atoms with Crippen molar-refractivity contribution in [3.05, 3.63) is 99.8 Å². The van der Waals surface area contributed by atoms with Gasteiger partial charge in [0, 0.05) is 60.6 Å². The zero-order chi connectivity index (χ0) is 21.3. The Morgan fingerprint density at radius 1 is 0.774 bits per heavy atom. The van der Waals surface area contributed by atoms with Crippen molar-refractivity contribution in [2.75, 3.05) is 5.32 Å². The third-order valence-corrected chi connectivity index (χ3v) is 6.75. The number of aryl methyl sites for hydroxylation is 2. The molecule has 4 nitrogen and oxygen atoms in total. The third-order valence-electron chi connectivity index (χ3n) is 6.51. The molecule has 0 unspecified atom stereocenters. The van der Waals surface area contributed by atoms with Crippen LogP contribution >= 0.6 is 11.6 Å². The summed E-state index contributed by atoms with van der Waals surface area (Å²) in [6.07, 6.45) is 0. The fourth-order valence-corrected chi connectivity index (χ4v) is 5.59. The van der Waals surface area contributed by atoms with Crippen LogP contribution in [0.25, 0.3) is 21.8 Å². The second kappa shape index (κ2) is 6.25. The van der Waals surface area contributed by atoms with E-state index in [0.717, 1.165) is 55.6 Å². The second-order valence-corrected chi connectivity index (χ2v) is 8.67. The minimum Gasteiger partial charge on any atom is -0.358 e. The van der Waals surface area contributed by atoms with Gasteiger partial charge in [0.2, 0.25) is 5.91 Å². The van der Waals surface area contributed by atoms with Gasteiger partial charge in [0.15, 0.2) is 0 Å². The van der Waals surface area contributed by atoms with Crippen LogP contribution < -0.4 is 5.32 Å². The Bertz CT molecular complexity index is 1440. The highest BCUT2D eigenvalue weighted by Gasteiger charge is 2.53. The largest absolute Gasteiger partial charge is 0.358 e. The SMILES string of the molecule is Cc1[nH]c2ccccc2c1C1(c2c(C)[nH]c3ccccc23)C(=O)Nc2ccc(Cl)cc21. The number of anilines is 1. The first-order valence-corrected chi connectivity index (χ1v) is 10.7. The Labute approximate surface area is 184 Å². The van der Waals surface area contributed by atoms with Crippen LogP contribution in [0.5, 0.6) is 0 Å². The molecule has 0 spiro atoms. The van der Waals surface area contributed by atoms with Crippen molar-refractivity contribution in [2.24, 2.45) is 0 Å². The molecule has 2 aromatic heterocycles. The molecule has 5 aromatic rings. The van der Waals surface area contributed by atoms with Crippen LogP contribution in [0.15, 0.2) is 66.7 Å². The van der Waals surface area contributed by atoms with E-state index in [1.807, 2.05) is 68.4 Å². The quantitative estimate of drug-likeness (QED) is 0.309. The van der Waals surface area contributed by atoms with Gasteiger partial charge in [-0.05, 0) is 44.2 Å². The number of para-hydroxylation sites is 2. The Balaban J connectivity index is 1.86. The average Bonchev–Trinajstić information content (AvgIpc) is 3.36. The van der Waals surface area contributed by atoms with Gasteiger partial charge in [0.25, 0.3) is 0 Å². The molecule has 0 radical (unpaired) electrons. The van der Waals surface area contributed by atoms with Crippen molar-refractivity contribution in [3.8, 4) is 0 Å². The Morgan fingerprint density at radius 2 is 1.32 bits per heavy atom. The molecule has 0 aliphatic carbocycles. The Morgan fingerprint density at radius 3 is 1.90 bits per heavy atom. The molecule has 0 bridgehead atoms. The predicted octanol–water partition coefficient (Wildman–Crippen LogP) is 6.21. The molecule has 0 atom stereocenters. The number of halogens is 1. The maximum Gasteiger partial charge on any atom is 0.244 e. The lowest BCUT2D eigenvalue weighted by molar-refractivity contribution is -0.118. The van der Waals surface area contributed by atoms with Crippen LogP contribution in [-0.4, -0.2) is 15.9 Å². The van der Waals surface area contributed by atoms with E-state index in [-0.39, 0.29) is 5.91 Å². The van der Waals surface area contributed by atoms with E-state index < -0.39 is 5.41 Å². The number of carbonyl (C=O) groups is 1. The van der Waals surface area contributed by atoms with E-state index >= 15 is 0 Å². The predicted molar refractivity (Wildman–Crippen MR) is 126 cm³/mol. The third kappa shape index (κ3) is 2.28. The molecule has 0 saturated heterocycles. The molecule has 1 aliphatic rings. The molecule has 5 heteroatoms. The molecule has 1 aliphatic heterocycles. The number of aromatic nitrogens is 2. The number of aromatic amines is 2. The molecular weight excluding hydrogens is 406 g/mol. The zero-order valence-corrected chi connectivity index (χ0v) is 17.9. The highest BCUT2D eigenvalue weighted by atomic mass is 35.5. The molecule has 3 N–H and O–H groups in total. The highest BCUT2D eigenvalue weighted by Crippen LogP contribution is 2.53. The number of benzene rings is 3. The van der Waals surface area contributed by atoms with E-state index in [1.54, 1.807) is 0 Å². The van der Waals surface area contributed by atoms with E-state index in [0.29, 0.717) is 5.02 Å². The zero-order valence-electron chi connectivity index (χ0n) is 17.1. The highest BCUT2D eigenvalue weighted by molar-refractivity contribution is 6.31. The number of hydrogen-bond acceptors (Lipinski definition) is 1. The van der Waals surface area contributed by atoms with Gasteiger partial charge >= 0.3 is 0 Å². The van der Waals surface area contributed by atoms with E-state index in [2.05, 4.69) is 27.4 Å². The van der Waals surface area contributed by atoms with Gasteiger partial charge in [-0.1, -0.05) is 48.0 Å². The first kappa shape index (κ1) is 18.3. The first-order valence-electron chi connectivity index (χ1n) is 10.3. The number of fused-ring (bicyclic) bond motifs is 3. The molecule has 0 fully saturated rings. The lowest BCUT2D eigenvalue weighted by Crippen LogP contribution is -2.38. The summed E-state index contributed by atoms with van der Waals surface area (Å²) in [7, 11) is 0. The van der Waals surface area contributed by atoms with E-state index in [9.17, 15) is 4.79 Å². The van der Waals surface area contributed by atoms with Crippen LogP contribution in [0.4, 0.5) is 5.69 Å². The van der Waals surface area contributed by atoms with Crippen molar-refractivity contribution in [1.82, 2.24) is 9.97 Å². The smallest absolute Gasteiger partial charge is 0.244 e. The summed E-state index contributed by atoms with van der Waals surface area (Å²) in [6.45, 7) is 4.08. The molecule has 6 rings (SSSR count). The van der Waals surface area contributed by atoms with Crippen LogP contribution in [0, 0.1) is 13.8 Å². The first-order chi connectivity index (χ1) is 15.0. The standard InChI is InChI=1S/C26H20ClN3O/c1-14-23(17-7-3-5-9-20(17)28-14)26(19-13-16(27)11-12-22(19)30-25(26)31)24-15(2)29-21-10-6-4-8-18(21)24/h3-13,28-29H,1-2H3,(H,30,31). The Kier molecular flexibility index (Phi) is 3.69. The minimum atomic E-state index is -1.03. The van der Waals surface area contributed by atoms with Crippen LogP contribution in [0.1, 0.15) is 28.1 Å². The number of H-pyrrole nitrogens is 2. The van der Waals surface area contributed by atoms with Gasteiger partial charge < -0.3 is 15.3 Å². The summed E-state index contributed by atoms with van der Waals surface area (Å²) in [6, 6.07) is 21.9. The molecule has 152 valence electrons. The molecule has 1 amide bonds. The molecule has 0 saturated carbocycles. The van der Waals surface area contributed by atoms with Crippen molar-refractivity contribution in [1.29, 1.82) is 0 Å². The van der Waals surface area contributed by atoms with E-state index in [4.69, 9.17) is 11.6 Å². The topological polar surface area (TPSA) is 60.7 Å². The summed E-state index contributed by atoms with van der Waals surface area (Å²) in [5.74, 6) is -0.0644. The van der Waals surface area contributed by atoms with Crippen LogP contribution in [-0.2, 0) is 10.2 Å². The lowest BCUT2D eigenvalue weighted by atomic mass is 9.68. The summed E-state index contributed by atoms with van der Waals surface area (Å²) in [4.78, 5) is 21.1. The molecule has 31 heavy (non-hydrogen) atoms. The van der Waals surface area contributed by atoms with Crippen molar-refractivity contribution in [3.63, 3.8) is 0 Å². The van der Waals surface area contributed by atoms with Crippen LogP contribution in [0.3, 0.4) is 0 Å². The van der Waals surface area contributed by atoms with Gasteiger partial charge in [-0.2, -0.15) is 0 Å². The van der Waals surface area contributed by atoms with Crippen molar-refractivity contribution < 1.29 is 4.79 Å². The summed E-state index contributed by atoms with van der Waals surface area (Å²) < 4.78 is 0. The summed E-state index contributed by atoms with van der Waals surface area (Å²) in [5, 5.41) is 5.83. The second-order valence-electron chi connectivity index (χ2n) is 8.24. The maximum absolute atomic E-state index is 14.1. The number of nitrogens with one attached hydrogen (secondary N) is 3. The maximum atomic E-state index is 14.1. The van der Waals surface area contributed by atoms with E-state index in [1.165, 1.54) is 0 Å². The normalized spacial score (nSPS) is 14.9. The lowest BCUT2D eigenvalue weighted by Gasteiger charge is -2.30. The molecule has 3 heterocycles. The monoisotopic (exact) mass is 425 g/mol. The summed E-state index contributed by atoms with van der Waals surface area (Å²) >= 11 is 6.48. The fraction of sp³-hybridized carbons (Fsp3) is 0.115. The van der Waals surface area contributed by atoms with Gasteiger partial charge in [-0.25, -0.2) is 0 Å². The summed E-state index contributed by atoms with van der Waals surface area (Å²) in [5.41, 5.74) is 6.53. The van der Waals surface area contributed by atoms with Gasteiger partial charge in [0.1, 0.15) is 5.41 Å².